The van der Waals surface area contributed by atoms with Gasteiger partial charge in [0.15, 0.2) is 5.69 Å². The molecule has 0 unspecified atom stereocenters. The molecule has 1 heterocycles. The summed E-state index contributed by atoms with van der Waals surface area (Å²) < 4.78 is 5.13. The molecule has 1 aromatic heterocycles. The third kappa shape index (κ3) is 4.16. The van der Waals surface area contributed by atoms with Gasteiger partial charge in [-0.3, -0.25) is 4.79 Å². The summed E-state index contributed by atoms with van der Waals surface area (Å²) in [6.07, 6.45) is 0. The average Bonchev–Trinajstić information content (AvgIpc) is 2.45. The summed E-state index contributed by atoms with van der Waals surface area (Å²) in [6.45, 7) is 11.2. The molecule has 0 radical (unpaired) electrons. The third-order valence-corrected chi connectivity index (χ3v) is 3.29. The van der Waals surface area contributed by atoms with E-state index in [1.165, 1.54) is 7.11 Å². The summed E-state index contributed by atoms with van der Waals surface area (Å²) in [7, 11) is 1.49. The van der Waals surface area contributed by atoms with Gasteiger partial charge < -0.3 is 15.0 Å². The number of aromatic nitrogens is 2. The number of amides is 1. The summed E-state index contributed by atoms with van der Waals surface area (Å²) in [5, 5.41) is 2.86. The molecule has 6 nitrogen and oxygen atoms in total. The monoisotopic (exact) mass is 280 g/mol. The molecule has 0 saturated carbocycles. The van der Waals surface area contributed by atoms with Gasteiger partial charge in [0.25, 0.3) is 5.91 Å². The Hall–Kier alpha value is -1.69. The van der Waals surface area contributed by atoms with Crippen LogP contribution in [-0.2, 0) is 0 Å². The van der Waals surface area contributed by atoms with Crippen LogP contribution in [0.25, 0.3) is 0 Å². The first-order valence-corrected chi connectivity index (χ1v) is 6.93. The summed E-state index contributed by atoms with van der Waals surface area (Å²) in [5.74, 6) is 0.0260. The van der Waals surface area contributed by atoms with Gasteiger partial charge in [0, 0.05) is 13.1 Å². The third-order valence-electron chi connectivity index (χ3n) is 3.29. The molecule has 0 spiro atoms. The lowest BCUT2D eigenvalue weighted by atomic mass is 10.3. The second-order valence-electron chi connectivity index (χ2n) is 4.54. The second-order valence-corrected chi connectivity index (χ2v) is 4.54. The Morgan fingerprint density at radius 2 is 1.80 bits per heavy atom. The Morgan fingerprint density at radius 1 is 1.20 bits per heavy atom. The summed E-state index contributed by atoms with van der Waals surface area (Å²) >= 11 is 0. The zero-order chi connectivity index (χ0) is 15.1. The van der Waals surface area contributed by atoms with Crippen molar-refractivity contribution in [3.05, 3.63) is 17.1 Å². The summed E-state index contributed by atoms with van der Waals surface area (Å²) in [5.41, 5.74) is 1.75. The number of methoxy groups -OCH3 is 1. The average molecular weight is 280 g/mol. The van der Waals surface area contributed by atoms with Crippen molar-refractivity contribution in [3.8, 4) is 5.88 Å². The number of nitrogens with one attached hydrogen (secondary N) is 1. The number of rotatable bonds is 7. The van der Waals surface area contributed by atoms with Gasteiger partial charge in [-0.1, -0.05) is 13.8 Å². The fourth-order valence-corrected chi connectivity index (χ4v) is 1.82. The van der Waals surface area contributed by atoms with Gasteiger partial charge in [-0.25, -0.2) is 9.97 Å². The molecule has 0 aliphatic carbocycles. The Balaban J connectivity index is 2.70. The lowest BCUT2D eigenvalue weighted by Crippen LogP contribution is -2.35. The molecule has 0 saturated heterocycles. The highest BCUT2D eigenvalue weighted by molar-refractivity contribution is 5.94. The lowest BCUT2D eigenvalue weighted by molar-refractivity contribution is 0.0939. The van der Waals surface area contributed by atoms with E-state index in [2.05, 4.69) is 34.0 Å². The predicted molar refractivity (Wildman–Crippen MR) is 78.2 cm³/mol. The van der Waals surface area contributed by atoms with Crippen LogP contribution in [0.15, 0.2) is 0 Å². The Morgan fingerprint density at radius 3 is 2.35 bits per heavy atom. The van der Waals surface area contributed by atoms with Crippen LogP contribution in [0.3, 0.4) is 0 Å². The molecule has 0 bridgehead atoms. The van der Waals surface area contributed by atoms with Crippen molar-refractivity contribution in [1.82, 2.24) is 20.2 Å². The number of ether oxygens (including phenoxy) is 1. The van der Waals surface area contributed by atoms with Gasteiger partial charge in [0.2, 0.25) is 5.88 Å². The van der Waals surface area contributed by atoms with E-state index < -0.39 is 0 Å². The van der Waals surface area contributed by atoms with Crippen LogP contribution < -0.4 is 10.1 Å². The van der Waals surface area contributed by atoms with Crippen molar-refractivity contribution in [2.45, 2.75) is 27.7 Å². The van der Waals surface area contributed by atoms with Gasteiger partial charge in [-0.15, -0.1) is 0 Å². The smallest absolute Gasteiger partial charge is 0.275 e. The van der Waals surface area contributed by atoms with Gasteiger partial charge in [0.05, 0.1) is 18.5 Å². The van der Waals surface area contributed by atoms with Crippen molar-refractivity contribution in [2.24, 2.45) is 0 Å². The molecule has 20 heavy (non-hydrogen) atoms. The molecule has 1 aromatic rings. The molecular formula is C14H24N4O2. The molecule has 1 N–H and O–H groups in total. The first-order chi connectivity index (χ1) is 9.53. The van der Waals surface area contributed by atoms with E-state index in [0.29, 0.717) is 6.54 Å². The zero-order valence-electron chi connectivity index (χ0n) is 13.0. The Kier molecular flexibility index (Phi) is 6.38. The first kappa shape index (κ1) is 16.4. The minimum atomic E-state index is -0.246. The fraction of sp³-hybridized carbons (Fsp3) is 0.643. The first-order valence-electron chi connectivity index (χ1n) is 6.93. The quantitative estimate of drug-likeness (QED) is 0.812. The van der Waals surface area contributed by atoms with E-state index in [-0.39, 0.29) is 17.5 Å². The maximum absolute atomic E-state index is 12.1. The number of carbonyl (C=O) groups is 1. The van der Waals surface area contributed by atoms with Crippen molar-refractivity contribution in [1.29, 1.82) is 0 Å². The highest BCUT2D eigenvalue weighted by atomic mass is 16.5. The van der Waals surface area contributed by atoms with Crippen LogP contribution in [0.4, 0.5) is 0 Å². The van der Waals surface area contributed by atoms with Crippen molar-refractivity contribution < 1.29 is 9.53 Å². The molecule has 0 fully saturated rings. The molecule has 0 aliphatic rings. The number of nitrogens with zero attached hydrogens (tertiary/aromatic N) is 3. The topological polar surface area (TPSA) is 67.4 Å². The number of likely N-dealkylation sites (N-methyl/N-ethyl adjacent to an activating group) is 1. The van der Waals surface area contributed by atoms with E-state index in [9.17, 15) is 4.79 Å². The van der Waals surface area contributed by atoms with Crippen LogP contribution in [0.2, 0.25) is 0 Å². The minimum absolute atomic E-state index is 0.246. The van der Waals surface area contributed by atoms with Crippen LogP contribution >= 0.6 is 0 Å². The van der Waals surface area contributed by atoms with Crippen molar-refractivity contribution in [3.63, 3.8) is 0 Å². The number of hydrogen-bond donors (Lipinski definition) is 1. The fourth-order valence-electron chi connectivity index (χ4n) is 1.82. The van der Waals surface area contributed by atoms with Crippen LogP contribution in [-0.4, -0.2) is 54.1 Å². The molecule has 6 heteroatoms. The van der Waals surface area contributed by atoms with E-state index in [1.807, 2.05) is 13.8 Å². The van der Waals surface area contributed by atoms with E-state index in [0.717, 1.165) is 31.0 Å². The van der Waals surface area contributed by atoms with Crippen LogP contribution in [0, 0.1) is 13.8 Å². The van der Waals surface area contributed by atoms with Gasteiger partial charge in [-0.2, -0.15) is 0 Å². The number of hydrogen-bond acceptors (Lipinski definition) is 5. The van der Waals surface area contributed by atoms with E-state index in [4.69, 9.17) is 4.74 Å². The molecule has 1 rings (SSSR count). The number of aryl methyl sites for hydroxylation is 2. The maximum Gasteiger partial charge on any atom is 0.275 e. The standard InChI is InChI=1S/C14H24N4O2/c1-6-18(7-2)9-8-15-13(19)12-14(20-5)17-11(4)10(3)16-12/h6-9H2,1-5H3,(H,15,19). The highest BCUT2D eigenvalue weighted by Crippen LogP contribution is 2.15. The second kappa shape index (κ2) is 7.79. The minimum Gasteiger partial charge on any atom is -0.479 e. The van der Waals surface area contributed by atoms with Gasteiger partial charge in [-0.05, 0) is 26.9 Å². The molecule has 0 aromatic carbocycles. The van der Waals surface area contributed by atoms with Crippen LogP contribution in [0.1, 0.15) is 35.7 Å². The van der Waals surface area contributed by atoms with E-state index in [1.54, 1.807) is 0 Å². The van der Waals surface area contributed by atoms with Crippen molar-refractivity contribution >= 4 is 5.91 Å². The lowest BCUT2D eigenvalue weighted by Gasteiger charge is -2.18. The largest absolute Gasteiger partial charge is 0.479 e. The molecule has 1 amide bonds. The Bertz CT molecular complexity index is 459. The van der Waals surface area contributed by atoms with Gasteiger partial charge >= 0.3 is 0 Å². The molecule has 0 atom stereocenters. The van der Waals surface area contributed by atoms with E-state index >= 15 is 0 Å². The summed E-state index contributed by atoms with van der Waals surface area (Å²) in [6, 6.07) is 0. The Labute approximate surface area is 120 Å². The molecular weight excluding hydrogens is 256 g/mol. The number of carbonyl (C=O) groups excluding carboxylic acids is 1. The van der Waals surface area contributed by atoms with Crippen molar-refractivity contribution in [2.75, 3.05) is 33.3 Å². The zero-order valence-corrected chi connectivity index (χ0v) is 13.0. The maximum atomic E-state index is 12.1. The SMILES string of the molecule is CCN(CC)CCNC(=O)c1nc(C)c(C)nc1OC. The molecule has 112 valence electrons. The molecule has 0 aliphatic heterocycles. The summed E-state index contributed by atoms with van der Waals surface area (Å²) in [4.78, 5) is 22.9. The highest BCUT2D eigenvalue weighted by Gasteiger charge is 2.17. The van der Waals surface area contributed by atoms with Gasteiger partial charge in [0.1, 0.15) is 0 Å². The predicted octanol–water partition coefficient (Wildman–Crippen LogP) is 1.17. The van der Waals surface area contributed by atoms with Crippen LogP contribution in [0.5, 0.6) is 5.88 Å². The normalized spacial score (nSPS) is 10.7.